The first kappa shape index (κ1) is 61.0. The fourth-order valence-corrected chi connectivity index (χ4v) is 7.67. The SMILES string of the molecule is CC/C=C/C/C=C/C/C=C/CCCCCCCCCCCC(=O)OCC(COCCC(C(=O)O)[N+](C)(C)C)OC(=O)CCCCCCCCCCCCCCCC/C=C/C/C=C/CC. The Balaban J connectivity index is 4.21. The minimum Gasteiger partial charge on any atom is -0.477 e. The average Bonchev–Trinajstić information content (AvgIpc) is 3.26. The van der Waals surface area contributed by atoms with Crippen LogP contribution in [0.5, 0.6) is 0 Å². The number of ether oxygens (including phenoxy) is 3. The number of hydrogen-bond donors (Lipinski definition) is 1. The molecule has 370 valence electrons. The summed E-state index contributed by atoms with van der Waals surface area (Å²) in [5.74, 6) is -1.47. The van der Waals surface area contributed by atoms with Crippen molar-refractivity contribution in [3.05, 3.63) is 60.8 Å². The van der Waals surface area contributed by atoms with Gasteiger partial charge in [0.05, 0.1) is 34.4 Å². The topological polar surface area (TPSA) is 99.1 Å². The number of carbonyl (C=O) groups excluding carboxylic acids is 2. The van der Waals surface area contributed by atoms with Gasteiger partial charge in [0.1, 0.15) is 6.61 Å². The highest BCUT2D eigenvalue weighted by Crippen LogP contribution is 2.16. The van der Waals surface area contributed by atoms with Gasteiger partial charge in [-0.1, -0.05) is 197 Å². The molecule has 0 radical (unpaired) electrons. The fraction of sp³-hybridized carbons (Fsp3) is 0.768. The molecule has 0 saturated heterocycles. The van der Waals surface area contributed by atoms with Crippen LogP contribution in [0, 0.1) is 0 Å². The lowest BCUT2D eigenvalue weighted by atomic mass is 10.0. The molecule has 0 spiro atoms. The Morgan fingerprint density at radius 2 is 0.828 bits per heavy atom. The number of unbranched alkanes of at least 4 members (excludes halogenated alkanes) is 23. The summed E-state index contributed by atoms with van der Waals surface area (Å²) in [6.07, 6.45) is 58.4. The minimum atomic E-state index is -0.875. The van der Waals surface area contributed by atoms with Crippen molar-refractivity contribution in [3.63, 3.8) is 0 Å². The summed E-state index contributed by atoms with van der Waals surface area (Å²) >= 11 is 0. The third kappa shape index (κ3) is 44.2. The van der Waals surface area contributed by atoms with Gasteiger partial charge in [0.15, 0.2) is 12.1 Å². The highest BCUT2D eigenvalue weighted by atomic mass is 16.6. The first-order valence-corrected chi connectivity index (χ1v) is 26.3. The molecule has 0 aromatic carbocycles. The molecule has 0 aliphatic carbocycles. The van der Waals surface area contributed by atoms with Crippen molar-refractivity contribution < 1.29 is 38.2 Å². The lowest BCUT2D eigenvalue weighted by Crippen LogP contribution is -2.50. The van der Waals surface area contributed by atoms with Crippen LogP contribution in [0.1, 0.15) is 226 Å². The van der Waals surface area contributed by atoms with Crippen LogP contribution in [-0.2, 0) is 28.6 Å². The average molecular weight is 899 g/mol. The molecule has 0 aliphatic rings. The third-order valence-corrected chi connectivity index (χ3v) is 11.7. The van der Waals surface area contributed by atoms with Crippen molar-refractivity contribution in [3.8, 4) is 0 Å². The number of nitrogens with zero attached hydrogens (tertiary/aromatic N) is 1. The predicted molar refractivity (Wildman–Crippen MR) is 271 cm³/mol. The number of rotatable bonds is 47. The molecule has 0 rings (SSSR count). The van der Waals surface area contributed by atoms with Crippen LogP contribution in [0.4, 0.5) is 0 Å². The van der Waals surface area contributed by atoms with Crippen LogP contribution in [0.2, 0.25) is 0 Å². The molecule has 1 N–H and O–H groups in total. The highest BCUT2D eigenvalue weighted by molar-refractivity contribution is 5.72. The largest absolute Gasteiger partial charge is 0.477 e. The summed E-state index contributed by atoms with van der Waals surface area (Å²) in [6.45, 7) is 4.54. The van der Waals surface area contributed by atoms with Crippen molar-refractivity contribution in [2.75, 3.05) is 41.0 Å². The predicted octanol–water partition coefficient (Wildman–Crippen LogP) is 15.3. The van der Waals surface area contributed by atoms with Crippen LogP contribution in [0.15, 0.2) is 60.8 Å². The Morgan fingerprint density at radius 1 is 0.469 bits per heavy atom. The van der Waals surface area contributed by atoms with E-state index in [4.69, 9.17) is 14.2 Å². The Morgan fingerprint density at radius 3 is 1.22 bits per heavy atom. The van der Waals surface area contributed by atoms with Gasteiger partial charge in [-0.25, -0.2) is 4.79 Å². The van der Waals surface area contributed by atoms with Gasteiger partial charge < -0.3 is 23.8 Å². The van der Waals surface area contributed by atoms with E-state index in [2.05, 4.69) is 74.6 Å². The first-order chi connectivity index (χ1) is 31.1. The molecule has 0 aromatic heterocycles. The summed E-state index contributed by atoms with van der Waals surface area (Å²) in [4.78, 5) is 37.2. The van der Waals surface area contributed by atoms with E-state index in [0.29, 0.717) is 19.3 Å². The second-order valence-electron chi connectivity index (χ2n) is 18.7. The standard InChI is InChI=1S/C56H99NO7/c1-6-8-10-12-14-16-18-20-22-24-26-27-29-31-33-35-37-39-41-43-45-47-55(59)64-52(50-62-49-48-53(56(60)61)57(3,4)5)51-63-54(58)46-44-42-40-38-36-34-32-30-28-25-23-21-19-17-15-13-11-9-7-2/h8-11,14-17,21,23,52-53H,6-7,12-13,18-20,22,24-51H2,1-5H3/p+1/b10-8+,11-9+,16-14+,17-15+,23-21+. The molecule has 64 heavy (non-hydrogen) atoms. The molecule has 2 atom stereocenters. The van der Waals surface area contributed by atoms with Gasteiger partial charge in [0.2, 0.25) is 0 Å². The summed E-state index contributed by atoms with van der Waals surface area (Å²) in [5, 5.41) is 9.66. The molecule has 0 fully saturated rings. The number of hydrogen-bond acceptors (Lipinski definition) is 6. The van der Waals surface area contributed by atoms with E-state index >= 15 is 0 Å². The molecule has 0 saturated carbocycles. The smallest absolute Gasteiger partial charge is 0.362 e. The number of aliphatic carboxylic acids is 1. The molecular weight excluding hydrogens is 799 g/mol. The van der Waals surface area contributed by atoms with Crippen LogP contribution in [0.25, 0.3) is 0 Å². The second-order valence-corrected chi connectivity index (χ2v) is 18.7. The van der Waals surface area contributed by atoms with E-state index in [1.54, 1.807) is 0 Å². The van der Waals surface area contributed by atoms with Crippen molar-refractivity contribution in [1.29, 1.82) is 0 Å². The molecular formula is C56H100NO7+. The van der Waals surface area contributed by atoms with Crippen LogP contribution in [-0.4, -0.2) is 80.6 Å². The molecule has 0 amide bonds. The van der Waals surface area contributed by atoms with E-state index in [1.807, 2.05) is 21.1 Å². The zero-order valence-corrected chi connectivity index (χ0v) is 42.2. The van der Waals surface area contributed by atoms with E-state index in [1.165, 1.54) is 116 Å². The highest BCUT2D eigenvalue weighted by Gasteiger charge is 2.31. The molecule has 8 nitrogen and oxygen atoms in total. The summed E-state index contributed by atoms with van der Waals surface area (Å²) in [7, 11) is 5.54. The zero-order chi connectivity index (χ0) is 47.0. The Bertz CT molecular complexity index is 1230. The maximum Gasteiger partial charge on any atom is 0.362 e. The van der Waals surface area contributed by atoms with E-state index in [-0.39, 0.29) is 36.2 Å². The fourth-order valence-electron chi connectivity index (χ4n) is 7.67. The molecule has 2 unspecified atom stereocenters. The van der Waals surface area contributed by atoms with Gasteiger partial charge in [-0.3, -0.25) is 9.59 Å². The van der Waals surface area contributed by atoms with Crippen LogP contribution >= 0.6 is 0 Å². The lowest BCUT2D eigenvalue weighted by Gasteiger charge is -2.31. The second kappa shape index (κ2) is 46.6. The zero-order valence-electron chi connectivity index (χ0n) is 42.2. The van der Waals surface area contributed by atoms with Gasteiger partial charge in [-0.2, -0.15) is 0 Å². The number of carboxylic acid groups (broad SMARTS) is 1. The number of esters is 2. The van der Waals surface area contributed by atoms with Crippen molar-refractivity contribution >= 4 is 17.9 Å². The summed E-state index contributed by atoms with van der Waals surface area (Å²) in [5.41, 5.74) is 0. The number of carbonyl (C=O) groups is 3. The maximum absolute atomic E-state index is 12.8. The minimum absolute atomic E-state index is 0.0541. The van der Waals surface area contributed by atoms with E-state index in [9.17, 15) is 19.5 Å². The van der Waals surface area contributed by atoms with E-state index in [0.717, 1.165) is 77.0 Å². The van der Waals surface area contributed by atoms with Gasteiger partial charge in [-0.15, -0.1) is 0 Å². The van der Waals surface area contributed by atoms with Gasteiger partial charge in [0, 0.05) is 19.3 Å². The van der Waals surface area contributed by atoms with Crippen molar-refractivity contribution in [2.45, 2.75) is 238 Å². The molecule has 0 bridgehead atoms. The molecule has 0 aromatic rings. The number of allylic oxidation sites excluding steroid dienone is 10. The Labute approximate surface area is 394 Å². The monoisotopic (exact) mass is 899 g/mol. The van der Waals surface area contributed by atoms with E-state index < -0.39 is 18.1 Å². The van der Waals surface area contributed by atoms with Gasteiger partial charge in [0.25, 0.3) is 0 Å². The Kier molecular flexibility index (Phi) is 44.4. The first-order valence-electron chi connectivity index (χ1n) is 26.3. The number of quaternary nitrogens is 1. The molecule has 8 heteroatoms. The van der Waals surface area contributed by atoms with Crippen molar-refractivity contribution in [2.24, 2.45) is 0 Å². The lowest BCUT2D eigenvalue weighted by molar-refractivity contribution is -0.887. The van der Waals surface area contributed by atoms with Gasteiger partial charge in [-0.05, 0) is 70.6 Å². The summed E-state index contributed by atoms with van der Waals surface area (Å²) in [6, 6.07) is -0.617. The number of carboxylic acids is 1. The molecule has 0 aliphatic heterocycles. The van der Waals surface area contributed by atoms with Crippen LogP contribution in [0.3, 0.4) is 0 Å². The normalized spacial score (nSPS) is 13.3. The molecule has 0 heterocycles. The third-order valence-electron chi connectivity index (χ3n) is 11.7. The number of likely N-dealkylation sites (N-methyl/N-ethyl adjacent to an activating group) is 1. The Hall–Kier alpha value is -2.97. The van der Waals surface area contributed by atoms with Crippen LogP contribution < -0.4 is 0 Å². The quantitative estimate of drug-likeness (QED) is 0.0281. The summed E-state index contributed by atoms with van der Waals surface area (Å²) < 4.78 is 17.4. The van der Waals surface area contributed by atoms with Gasteiger partial charge >= 0.3 is 17.9 Å². The van der Waals surface area contributed by atoms with Crippen molar-refractivity contribution in [1.82, 2.24) is 0 Å². The maximum atomic E-state index is 12.8.